The molecule has 1 nitrogen and oxygen atoms in total. The first-order valence-electron chi connectivity index (χ1n) is 8.42. The minimum Gasteiger partial charge on any atom is -0.317 e. The summed E-state index contributed by atoms with van der Waals surface area (Å²) in [4.78, 5) is 0. The fraction of sp³-hybridized carbons (Fsp3) is 0.684. The Bertz CT molecular complexity index is 404. The second kappa shape index (κ2) is 7.83. The van der Waals surface area contributed by atoms with Crippen LogP contribution in [0.3, 0.4) is 0 Å². The van der Waals surface area contributed by atoms with Crippen LogP contribution in [0.1, 0.15) is 61.6 Å². The lowest BCUT2D eigenvalue weighted by Crippen LogP contribution is -2.28. The molecule has 0 spiro atoms. The Balaban J connectivity index is 1.86. The predicted molar refractivity (Wildman–Crippen MR) is 88.3 cm³/mol. The molecule has 1 fully saturated rings. The molecule has 0 saturated heterocycles. The van der Waals surface area contributed by atoms with E-state index in [2.05, 4.69) is 44.4 Å². The molecule has 0 amide bonds. The highest BCUT2D eigenvalue weighted by molar-refractivity contribution is 5.31. The van der Waals surface area contributed by atoms with Gasteiger partial charge in [-0.15, -0.1) is 0 Å². The Kier molecular flexibility index (Phi) is 6.09. The molecule has 1 saturated carbocycles. The van der Waals surface area contributed by atoms with E-state index in [1.807, 2.05) is 0 Å². The SMILES string of the molecule is CNC(CCC1CCCCC1)Cc1cc(C)ccc1C. The lowest BCUT2D eigenvalue weighted by atomic mass is 9.84. The largest absolute Gasteiger partial charge is 0.317 e. The van der Waals surface area contributed by atoms with Crippen molar-refractivity contribution in [2.24, 2.45) is 5.92 Å². The van der Waals surface area contributed by atoms with Gasteiger partial charge in [0.2, 0.25) is 0 Å². The van der Waals surface area contributed by atoms with Crippen LogP contribution in [-0.4, -0.2) is 13.1 Å². The molecule has 112 valence electrons. The summed E-state index contributed by atoms with van der Waals surface area (Å²) in [5.41, 5.74) is 4.34. The smallest absolute Gasteiger partial charge is 0.0105 e. The number of nitrogens with one attached hydrogen (secondary N) is 1. The molecule has 0 aliphatic heterocycles. The van der Waals surface area contributed by atoms with Crippen LogP contribution in [0.4, 0.5) is 0 Å². The molecule has 0 aromatic heterocycles. The van der Waals surface area contributed by atoms with E-state index in [1.54, 1.807) is 0 Å². The standard InChI is InChI=1S/C19H31N/c1-15-9-10-16(2)18(13-15)14-19(20-3)12-11-17-7-5-4-6-8-17/h9-10,13,17,19-20H,4-8,11-12,14H2,1-3H3. The first-order valence-corrected chi connectivity index (χ1v) is 8.42. The average molecular weight is 273 g/mol. The number of benzene rings is 1. The van der Waals surface area contributed by atoms with Crippen LogP contribution in [0.25, 0.3) is 0 Å². The molecule has 1 aliphatic rings. The van der Waals surface area contributed by atoms with Gasteiger partial charge in [-0.05, 0) is 57.2 Å². The normalized spacial score (nSPS) is 18.1. The first kappa shape index (κ1) is 15.6. The summed E-state index contributed by atoms with van der Waals surface area (Å²) >= 11 is 0. The molecule has 1 aromatic carbocycles. The van der Waals surface area contributed by atoms with Gasteiger partial charge in [0.15, 0.2) is 0 Å². The van der Waals surface area contributed by atoms with Gasteiger partial charge in [0.1, 0.15) is 0 Å². The van der Waals surface area contributed by atoms with Crippen molar-refractivity contribution in [3.05, 3.63) is 34.9 Å². The molecule has 1 atom stereocenters. The van der Waals surface area contributed by atoms with Gasteiger partial charge >= 0.3 is 0 Å². The van der Waals surface area contributed by atoms with Crippen LogP contribution in [0.2, 0.25) is 0 Å². The topological polar surface area (TPSA) is 12.0 Å². The molecule has 0 heterocycles. The number of rotatable bonds is 6. The summed E-state index contributed by atoms with van der Waals surface area (Å²) in [5.74, 6) is 0.998. The molecular formula is C19H31N. The molecule has 20 heavy (non-hydrogen) atoms. The molecule has 1 heteroatoms. The van der Waals surface area contributed by atoms with Gasteiger partial charge in [0.25, 0.3) is 0 Å². The van der Waals surface area contributed by atoms with Crippen LogP contribution in [0, 0.1) is 19.8 Å². The third-order valence-electron chi connectivity index (χ3n) is 5.03. The zero-order valence-electron chi connectivity index (χ0n) is 13.5. The van der Waals surface area contributed by atoms with E-state index in [0.29, 0.717) is 6.04 Å². The fourth-order valence-electron chi connectivity index (χ4n) is 3.55. The molecule has 1 N–H and O–H groups in total. The maximum absolute atomic E-state index is 3.54. The van der Waals surface area contributed by atoms with E-state index in [-0.39, 0.29) is 0 Å². The van der Waals surface area contributed by atoms with Crippen molar-refractivity contribution in [1.29, 1.82) is 0 Å². The summed E-state index contributed by atoms with van der Waals surface area (Å²) in [7, 11) is 2.12. The number of likely N-dealkylation sites (N-methyl/N-ethyl adjacent to an activating group) is 1. The van der Waals surface area contributed by atoms with Crippen LogP contribution >= 0.6 is 0 Å². The van der Waals surface area contributed by atoms with Crippen LogP contribution in [0.15, 0.2) is 18.2 Å². The van der Waals surface area contributed by atoms with Crippen LogP contribution in [0.5, 0.6) is 0 Å². The van der Waals surface area contributed by atoms with E-state index in [0.717, 1.165) is 5.92 Å². The second-order valence-electron chi connectivity index (χ2n) is 6.70. The maximum atomic E-state index is 3.54. The van der Waals surface area contributed by atoms with E-state index in [4.69, 9.17) is 0 Å². The summed E-state index contributed by atoms with van der Waals surface area (Å²) in [6.45, 7) is 4.43. The summed E-state index contributed by atoms with van der Waals surface area (Å²) < 4.78 is 0. The highest BCUT2D eigenvalue weighted by Gasteiger charge is 2.16. The van der Waals surface area contributed by atoms with Gasteiger partial charge in [-0.25, -0.2) is 0 Å². The molecule has 1 aromatic rings. The number of aryl methyl sites for hydroxylation is 2. The average Bonchev–Trinajstić information content (AvgIpc) is 2.48. The molecule has 0 radical (unpaired) electrons. The van der Waals surface area contributed by atoms with E-state index in [9.17, 15) is 0 Å². The van der Waals surface area contributed by atoms with E-state index in [1.165, 1.54) is 68.1 Å². The Labute approximate surface area is 125 Å². The van der Waals surface area contributed by atoms with Crippen molar-refractivity contribution in [3.63, 3.8) is 0 Å². The zero-order valence-corrected chi connectivity index (χ0v) is 13.5. The zero-order chi connectivity index (χ0) is 14.4. The summed E-state index contributed by atoms with van der Waals surface area (Å²) in [5, 5.41) is 3.54. The van der Waals surface area contributed by atoms with Crippen molar-refractivity contribution in [3.8, 4) is 0 Å². The lowest BCUT2D eigenvalue weighted by molar-refractivity contribution is 0.315. The Morgan fingerprint density at radius 1 is 1.15 bits per heavy atom. The molecule has 0 bridgehead atoms. The molecule has 1 aliphatic carbocycles. The van der Waals surface area contributed by atoms with E-state index >= 15 is 0 Å². The van der Waals surface area contributed by atoms with Gasteiger partial charge in [-0.2, -0.15) is 0 Å². The highest BCUT2D eigenvalue weighted by Crippen LogP contribution is 2.28. The maximum Gasteiger partial charge on any atom is 0.0105 e. The predicted octanol–water partition coefficient (Wildman–Crippen LogP) is 4.79. The van der Waals surface area contributed by atoms with Crippen molar-refractivity contribution in [1.82, 2.24) is 5.32 Å². The van der Waals surface area contributed by atoms with Crippen molar-refractivity contribution < 1.29 is 0 Å². The third-order valence-corrected chi connectivity index (χ3v) is 5.03. The monoisotopic (exact) mass is 273 g/mol. The lowest BCUT2D eigenvalue weighted by Gasteiger charge is -2.24. The third kappa shape index (κ3) is 4.63. The number of hydrogen-bond donors (Lipinski definition) is 1. The quantitative estimate of drug-likeness (QED) is 0.785. The van der Waals surface area contributed by atoms with Gasteiger partial charge in [-0.1, -0.05) is 55.9 Å². The summed E-state index contributed by atoms with van der Waals surface area (Å²) in [6, 6.07) is 7.48. The second-order valence-corrected chi connectivity index (χ2v) is 6.70. The van der Waals surface area contributed by atoms with Gasteiger partial charge in [0.05, 0.1) is 0 Å². The van der Waals surface area contributed by atoms with E-state index < -0.39 is 0 Å². The van der Waals surface area contributed by atoms with Crippen LogP contribution < -0.4 is 5.32 Å². The Morgan fingerprint density at radius 2 is 1.90 bits per heavy atom. The summed E-state index contributed by atoms with van der Waals surface area (Å²) in [6.07, 6.45) is 11.3. The van der Waals surface area contributed by atoms with Gasteiger partial charge in [0, 0.05) is 6.04 Å². The van der Waals surface area contributed by atoms with Crippen molar-refractivity contribution in [2.75, 3.05) is 7.05 Å². The fourth-order valence-corrected chi connectivity index (χ4v) is 3.55. The molecular weight excluding hydrogens is 242 g/mol. The Hall–Kier alpha value is -0.820. The number of hydrogen-bond acceptors (Lipinski definition) is 1. The molecule has 2 rings (SSSR count). The van der Waals surface area contributed by atoms with Gasteiger partial charge in [-0.3, -0.25) is 0 Å². The minimum atomic E-state index is 0.637. The first-order chi connectivity index (χ1) is 9.69. The van der Waals surface area contributed by atoms with Crippen LogP contribution in [-0.2, 0) is 6.42 Å². The Morgan fingerprint density at radius 3 is 2.60 bits per heavy atom. The highest BCUT2D eigenvalue weighted by atomic mass is 14.9. The van der Waals surface area contributed by atoms with Crippen molar-refractivity contribution >= 4 is 0 Å². The molecule has 1 unspecified atom stereocenters. The van der Waals surface area contributed by atoms with Gasteiger partial charge < -0.3 is 5.32 Å². The minimum absolute atomic E-state index is 0.637. The van der Waals surface area contributed by atoms with Crippen molar-refractivity contribution in [2.45, 2.75) is 71.3 Å².